The number of nitrogens with two attached hydrogens (primary N) is 1. The number of hydrogen-bond acceptors (Lipinski definition) is 4. The zero-order valence-corrected chi connectivity index (χ0v) is 15.2. The average Bonchev–Trinajstić information content (AvgIpc) is 3.28. The molecule has 0 aliphatic rings. The van der Waals surface area contributed by atoms with Gasteiger partial charge in [0, 0.05) is 47.0 Å². The van der Waals surface area contributed by atoms with Crippen molar-refractivity contribution >= 4 is 28.4 Å². The summed E-state index contributed by atoms with van der Waals surface area (Å²) >= 11 is 6.13. The van der Waals surface area contributed by atoms with Gasteiger partial charge >= 0.3 is 0 Å². The first-order chi connectivity index (χ1) is 13.1. The number of rotatable bonds is 6. The third-order valence-electron chi connectivity index (χ3n) is 4.57. The number of fused-ring (bicyclic) bond motifs is 1. The summed E-state index contributed by atoms with van der Waals surface area (Å²) in [6, 6.07) is 9.37. The first kappa shape index (κ1) is 17.3. The first-order valence-corrected chi connectivity index (χ1v) is 8.90. The maximum absolute atomic E-state index is 11.2. The van der Waals surface area contributed by atoms with Gasteiger partial charge in [-0.3, -0.25) is 9.78 Å². The van der Waals surface area contributed by atoms with Crippen LogP contribution in [-0.2, 0) is 19.3 Å². The number of aromatic nitrogens is 3. The summed E-state index contributed by atoms with van der Waals surface area (Å²) in [5.74, 6) is -0.00641. The molecule has 0 unspecified atom stereocenters. The fraction of sp³-hybridized carbons (Fsp3) is 0.150. The summed E-state index contributed by atoms with van der Waals surface area (Å²) in [7, 11) is 0. The van der Waals surface area contributed by atoms with Crippen LogP contribution in [0.15, 0.2) is 53.4 Å². The molecule has 0 fully saturated rings. The second kappa shape index (κ2) is 7.25. The Morgan fingerprint density at radius 2 is 2.00 bits per heavy atom. The molecule has 136 valence electrons. The van der Waals surface area contributed by atoms with Crippen molar-refractivity contribution in [3.05, 3.63) is 82.1 Å². The van der Waals surface area contributed by atoms with Gasteiger partial charge in [0.05, 0.1) is 0 Å². The highest BCUT2D eigenvalue weighted by Crippen LogP contribution is 2.24. The van der Waals surface area contributed by atoms with Crippen molar-refractivity contribution in [1.29, 1.82) is 0 Å². The van der Waals surface area contributed by atoms with Crippen LogP contribution in [-0.4, -0.2) is 21.0 Å². The Balaban J connectivity index is 1.53. The number of aromatic amines is 1. The van der Waals surface area contributed by atoms with Crippen molar-refractivity contribution in [3.8, 4) is 0 Å². The van der Waals surface area contributed by atoms with E-state index in [1.54, 1.807) is 12.3 Å². The van der Waals surface area contributed by atoms with Crippen molar-refractivity contribution in [3.63, 3.8) is 0 Å². The van der Waals surface area contributed by atoms with E-state index >= 15 is 0 Å². The maximum Gasteiger partial charge on any atom is 0.270 e. The summed E-state index contributed by atoms with van der Waals surface area (Å²) in [4.78, 5) is 18.7. The third kappa shape index (κ3) is 3.71. The van der Waals surface area contributed by atoms with Crippen molar-refractivity contribution in [2.24, 2.45) is 5.73 Å². The van der Waals surface area contributed by atoms with E-state index < -0.39 is 5.91 Å². The number of H-pyrrole nitrogens is 1. The van der Waals surface area contributed by atoms with Gasteiger partial charge in [0.25, 0.3) is 5.91 Å². The SMILES string of the molecule is NC(=O)c1cc(Cc2ccncc2CCc2c[nH]c3ccc(Cl)cc23)on1. The summed E-state index contributed by atoms with van der Waals surface area (Å²) in [5, 5.41) is 5.55. The number of aryl methyl sites for hydroxylation is 2. The van der Waals surface area contributed by atoms with E-state index in [0.29, 0.717) is 12.2 Å². The van der Waals surface area contributed by atoms with Crippen molar-refractivity contribution in [1.82, 2.24) is 15.1 Å². The number of amides is 1. The predicted molar refractivity (Wildman–Crippen MR) is 103 cm³/mol. The minimum absolute atomic E-state index is 0.135. The van der Waals surface area contributed by atoms with Crippen molar-refractivity contribution in [2.75, 3.05) is 0 Å². The lowest BCUT2D eigenvalue weighted by Gasteiger charge is -2.07. The van der Waals surface area contributed by atoms with Gasteiger partial charge in [-0.1, -0.05) is 16.8 Å². The van der Waals surface area contributed by atoms with Gasteiger partial charge in [0.2, 0.25) is 0 Å². The Morgan fingerprint density at radius 1 is 1.15 bits per heavy atom. The van der Waals surface area contributed by atoms with Crippen LogP contribution in [0.1, 0.15) is 32.9 Å². The molecule has 0 atom stereocenters. The molecule has 1 amide bonds. The summed E-state index contributed by atoms with van der Waals surface area (Å²) in [6.07, 6.45) is 7.82. The standard InChI is InChI=1S/C20H17ClN4O2/c21-15-3-4-18-17(8-15)14(11-24-18)2-1-13-10-23-6-5-12(13)7-16-9-19(20(22)26)25-27-16/h3-6,8-11,24H,1-2,7H2,(H2,22,26). The molecule has 7 heteroatoms. The van der Waals surface area contributed by atoms with Crippen LogP contribution in [0.25, 0.3) is 10.9 Å². The fourth-order valence-corrected chi connectivity index (χ4v) is 3.35. The minimum atomic E-state index is -0.599. The maximum atomic E-state index is 11.2. The zero-order valence-electron chi connectivity index (χ0n) is 14.4. The number of carbonyl (C=O) groups is 1. The smallest absolute Gasteiger partial charge is 0.270 e. The lowest BCUT2D eigenvalue weighted by Crippen LogP contribution is -2.10. The molecular formula is C20H17ClN4O2. The van der Waals surface area contributed by atoms with E-state index in [1.807, 2.05) is 36.7 Å². The lowest BCUT2D eigenvalue weighted by atomic mass is 9.99. The molecule has 4 rings (SSSR count). The molecule has 0 aliphatic heterocycles. The predicted octanol–water partition coefficient (Wildman–Crippen LogP) is 3.68. The molecular weight excluding hydrogens is 364 g/mol. The van der Waals surface area contributed by atoms with Crippen LogP contribution < -0.4 is 5.73 Å². The number of nitrogens with zero attached hydrogens (tertiary/aromatic N) is 2. The number of carbonyl (C=O) groups excluding carboxylic acids is 1. The molecule has 27 heavy (non-hydrogen) atoms. The van der Waals surface area contributed by atoms with Gasteiger partial charge in [-0.05, 0) is 53.8 Å². The molecule has 0 bridgehead atoms. The molecule has 0 aliphatic carbocycles. The first-order valence-electron chi connectivity index (χ1n) is 8.53. The number of halogens is 1. The average molecular weight is 381 g/mol. The second-order valence-corrected chi connectivity index (χ2v) is 6.80. The highest BCUT2D eigenvalue weighted by Gasteiger charge is 2.12. The number of primary amides is 1. The molecule has 0 spiro atoms. The van der Waals surface area contributed by atoms with Crippen LogP contribution in [0.4, 0.5) is 0 Å². The number of pyridine rings is 1. The van der Waals surface area contributed by atoms with E-state index in [4.69, 9.17) is 21.9 Å². The Morgan fingerprint density at radius 3 is 2.81 bits per heavy atom. The van der Waals surface area contributed by atoms with E-state index in [2.05, 4.69) is 15.1 Å². The van der Waals surface area contributed by atoms with E-state index in [1.165, 1.54) is 5.56 Å². The van der Waals surface area contributed by atoms with Crippen LogP contribution in [0, 0.1) is 0 Å². The Kier molecular flexibility index (Phi) is 4.64. The Labute approximate surface area is 160 Å². The second-order valence-electron chi connectivity index (χ2n) is 6.37. The van der Waals surface area contributed by atoms with E-state index in [0.717, 1.165) is 39.9 Å². The van der Waals surface area contributed by atoms with Gasteiger partial charge in [-0.2, -0.15) is 0 Å². The molecule has 0 radical (unpaired) electrons. The van der Waals surface area contributed by atoms with Gasteiger partial charge < -0.3 is 15.2 Å². The molecule has 1 aromatic carbocycles. The molecule has 0 saturated carbocycles. The highest BCUT2D eigenvalue weighted by atomic mass is 35.5. The molecule has 3 heterocycles. The molecule has 6 nitrogen and oxygen atoms in total. The van der Waals surface area contributed by atoms with E-state index in [9.17, 15) is 4.79 Å². The molecule has 3 aromatic heterocycles. The molecule has 4 aromatic rings. The van der Waals surface area contributed by atoms with Crippen LogP contribution in [0.5, 0.6) is 0 Å². The monoisotopic (exact) mass is 380 g/mol. The van der Waals surface area contributed by atoms with Gasteiger partial charge in [-0.25, -0.2) is 0 Å². The highest BCUT2D eigenvalue weighted by molar-refractivity contribution is 6.31. The zero-order chi connectivity index (χ0) is 18.8. The Bertz CT molecular complexity index is 1120. The number of hydrogen-bond donors (Lipinski definition) is 2. The largest absolute Gasteiger partial charge is 0.364 e. The topological polar surface area (TPSA) is 97.8 Å². The van der Waals surface area contributed by atoms with E-state index in [-0.39, 0.29) is 5.69 Å². The van der Waals surface area contributed by atoms with Crippen LogP contribution in [0.3, 0.4) is 0 Å². The fourth-order valence-electron chi connectivity index (χ4n) is 3.18. The summed E-state index contributed by atoms with van der Waals surface area (Å²) in [6.45, 7) is 0. The minimum Gasteiger partial charge on any atom is -0.364 e. The Hall–Kier alpha value is -3.12. The van der Waals surface area contributed by atoms with Crippen LogP contribution in [0.2, 0.25) is 5.02 Å². The van der Waals surface area contributed by atoms with Gasteiger partial charge in [-0.15, -0.1) is 0 Å². The molecule has 3 N–H and O–H groups in total. The summed E-state index contributed by atoms with van der Waals surface area (Å²) < 4.78 is 5.22. The van der Waals surface area contributed by atoms with Gasteiger partial charge in [0.15, 0.2) is 5.69 Å². The summed E-state index contributed by atoms with van der Waals surface area (Å²) in [5.41, 5.74) is 9.83. The number of nitrogens with one attached hydrogen (secondary N) is 1. The third-order valence-corrected chi connectivity index (χ3v) is 4.81. The van der Waals surface area contributed by atoms with Crippen molar-refractivity contribution < 1.29 is 9.32 Å². The normalized spacial score (nSPS) is 11.1. The quantitative estimate of drug-likeness (QED) is 0.533. The van der Waals surface area contributed by atoms with Gasteiger partial charge in [0.1, 0.15) is 5.76 Å². The number of benzene rings is 1. The molecule has 0 saturated heterocycles. The van der Waals surface area contributed by atoms with Crippen molar-refractivity contribution in [2.45, 2.75) is 19.3 Å². The van der Waals surface area contributed by atoms with Crippen LogP contribution >= 0.6 is 11.6 Å². The lowest BCUT2D eigenvalue weighted by molar-refractivity contribution is 0.0991.